The van der Waals surface area contributed by atoms with E-state index < -0.39 is 28.6 Å². The zero-order valence-electron chi connectivity index (χ0n) is 17.2. The van der Waals surface area contributed by atoms with Crippen molar-refractivity contribution in [2.75, 3.05) is 0 Å². The number of pyridine rings is 1. The van der Waals surface area contributed by atoms with Gasteiger partial charge < -0.3 is 14.1 Å². The van der Waals surface area contributed by atoms with Crippen LogP contribution in [0.1, 0.15) is 5.56 Å². The highest BCUT2D eigenvalue weighted by molar-refractivity contribution is 9.10. The number of aromatic hydroxyl groups is 1. The van der Waals surface area contributed by atoms with Crippen molar-refractivity contribution in [2.45, 2.75) is 16.3 Å². The molecule has 170 valence electrons. The Hall–Kier alpha value is -3.43. The van der Waals surface area contributed by atoms with E-state index in [0.29, 0.717) is 32.7 Å². The molecule has 3 aromatic carbocycles. The van der Waals surface area contributed by atoms with Crippen molar-refractivity contribution in [3.05, 3.63) is 109 Å². The summed E-state index contributed by atoms with van der Waals surface area (Å²) in [7, 11) is 0. The molecule has 0 aliphatic carbocycles. The van der Waals surface area contributed by atoms with Gasteiger partial charge in [-0.2, -0.15) is 0 Å². The van der Waals surface area contributed by atoms with Crippen molar-refractivity contribution >= 4 is 49.6 Å². The van der Waals surface area contributed by atoms with Crippen LogP contribution in [-0.2, 0) is 6.54 Å². The number of rotatable bonds is 4. The predicted octanol–water partition coefficient (Wildman–Crippen LogP) is 6.05. The lowest BCUT2D eigenvalue weighted by Crippen LogP contribution is -2.23. The Labute approximate surface area is 203 Å². The molecule has 9 heteroatoms. The Bertz CT molecular complexity index is 1700. The van der Waals surface area contributed by atoms with Crippen LogP contribution in [0.3, 0.4) is 0 Å². The maximum Gasteiger partial charge on any atom is 0.354 e. The Kier molecular flexibility index (Phi) is 5.75. The predicted molar refractivity (Wildman–Crippen MR) is 130 cm³/mol. The summed E-state index contributed by atoms with van der Waals surface area (Å²) in [6.07, 6.45) is 0. The lowest BCUT2D eigenvalue weighted by atomic mass is 10.1. The van der Waals surface area contributed by atoms with Gasteiger partial charge in [-0.1, -0.05) is 52.0 Å². The van der Waals surface area contributed by atoms with Crippen LogP contribution >= 0.6 is 27.7 Å². The number of hydrogen-bond acceptors (Lipinski definition) is 5. The second-order valence-electron chi connectivity index (χ2n) is 7.48. The first-order valence-corrected chi connectivity index (χ1v) is 11.6. The summed E-state index contributed by atoms with van der Waals surface area (Å²) in [4.78, 5) is 26.2. The van der Waals surface area contributed by atoms with Crippen molar-refractivity contribution in [1.29, 1.82) is 0 Å². The molecule has 0 atom stereocenters. The average molecular weight is 542 g/mol. The summed E-state index contributed by atoms with van der Waals surface area (Å²) in [5.74, 6) is -1.57. The van der Waals surface area contributed by atoms with E-state index in [1.165, 1.54) is 34.9 Å². The van der Waals surface area contributed by atoms with Gasteiger partial charge in [0.1, 0.15) is 21.9 Å². The first-order chi connectivity index (χ1) is 16.3. The highest BCUT2D eigenvalue weighted by Crippen LogP contribution is 2.38. The van der Waals surface area contributed by atoms with Crippen LogP contribution < -0.4 is 11.2 Å². The van der Waals surface area contributed by atoms with Crippen LogP contribution in [0.15, 0.2) is 95.0 Å². The molecule has 2 aromatic heterocycles. The lowest BCUT2D eigenvalue weighted by Gasteiger charge is -2.14. The quantitative estimate of drug-likeness (QED) is 0.280. The van der Waals surface area contributed by atoms with Crippen LogP contribution in [0.5, 0.6) is 5.75 Å². The molecule has 0 saturated heterocycles. The molecule has 1 N–H and O–H groups in total. The molecule has 0 fully saturated rings. The minimum Gasteiger partial charge on any atom is -0.505 e. The lowest BCUT2D eigenvalue weighted by molar-refractivity contribution is 0.446. The average Bonchev–Trinajstić information content (AvgIpc) is 2.81. The molecule has 0 aliphatic rings. The molecule has 0 radical (unpaired) electrons. The molecule has 5 rings (SSSR count). The molecule has 0 amide bonds. The van der Waals surface area contributed by atoms with E-state index in [1.807, 2.05) is 0 Å². The summed E-state index contributed by atoms with van der Waals surface area (Å²) in [5, 5.41) is 11.3. The molecule has 5 nitrogen and oxygen atoms in total. The number of fused-ring (bicyclic) bond motifs is 3. The third-order valence-corrected chi connectivity index (χ3v) is 6.92. The SMILES string of the molecule is O=c1oc2c(c(O)c1Sc1ccccc1F)c(=O)n(Cc1ccc(F)cc1)c1cc(Br)ccc21. The maximum absolute atomic E-state index is 14.2. The standard InChI is InChI=1S/C25H14BrF2NO4S/c26-14-7-10-16-18(11-14)29(12-13-5-8-15(27)9-6-13)24(31)20-21(30)23(25(32)33-22(16)20)34-19-4-2-1-3-17(19)28/h1-11,30H,12H2. The topological polar surface area (TPSA) is 72.4 Å². The molecular weight excluding hydrogens is 528 g/mol. The van der Waals surface area contributed by atoms with E-state index in [2.05, 4.69) is 15.9 Å². The highest BCUT2D eigenvalue weighted by Gasteiger charge is 2.23. The van der Waals surface area contributed by atoms with E-state index in [9.17, 15) is 23.5 Å². The fourth-order valence-electron chi connectivity index (χ4n) is 3.72. The number of nitrogens with zero attached hydrogens (tertiary/aromatic N) is 1. The van der Waals surface area contributed by atoms with Gasteiger partial charge in [0.05, 0.1) is 12.1 Å². The molecular formula is C25H14BrF2NO4S. The van der Waals surface area contributed by atoms with Gasteiger partial charge in [0.15, 0.2) is 11.3 Å². The van der Waals surface area contributed by atoms with Gasteiger partial charge in [-0.05, 0) is 48.0 Å². The first-order valence-electron chi connectivity index (χ1n) is 10.0. The van der Waals surface area contributed by atoms with E-state index in [1.54, 1.807) is 36.4 Å². The Morgan fingerprint density at radius 2 is 1.74 bits per heavy atom. The molecule has 0 aliphatic heterocycles. The van der Waals surface area contributed by atoms with Crippen LogP contribution in [-0.4, -0.2) is 9.67 Å². The molecule has 2 heterocycles. The largest absolute Gasteiger partial charge is 0.505 e. The summed E-state index contributed by atoms with van der Waals surface area (Å²) >= 11 is 4.07. The zero-order chi connectivity index (χ0) is 24.0. The minimum atomic E-state index is -0.891. The molecule has 5 aromatic rings. The van der Waals surface area contributed by atoms with Gasteiger partial charge in [0.2, 0.25) is 0 Å². The highest BCUT2D eigenvalue weighted by atomic mass is 79.9. The number of aromatic nitrogens is 1. The summed E-state index contributed by atoms with van der Waals surface area (Å²) in [6, 6.07) is 16.5. The minimum absolute atomic E-state index is 0.0664. The molecule has 0 unspecified atom stereocenters. The van der Waals surface area contributed by atoms with Crippen LogP contribution in [0, 0.1) is 11.6 Å². The summed E-state index contributed by atoms with van der Waals surface area (Å²) in [5.41, 5.74) is -0.460. The molecule has 0 saturated carbocycles. The van der Waals surface area contributed by atoms with Crippen molar-refractivity contribution < 1.29 is 18.3 Å². The zero-order valence-corrected chi connectivity index (χ0v) is 19.6. The Balaban J connectivity index is 1.80. The maximum atomic E-state index is 14.2. The van der Waals surface area contributed by atoms with Gasteiger partial charge in [-0.25, -0.2) is 13.6 Å². The second-order valence-corrected chi connectivity index (χ2v) is 9.45. The van der Waals surface area contributed by atoms with Crippen LogP contribution in [0.4, 0.5) is 8.78 Å². The molecule has 0 bridgehead atoms. The summed E-state index contributed by atoms with van der Waals surface area (Å²) < 4.78 is 35.2. The van der Waals surface area contributed by atoms with Crippen LogP contribution in [0.25, 0.3) is 21.9 Å². The van der Waals surface area contributed by atoms with E-state index in [0.717, 1.165) is 0 Å². The third-order valence-electron chi connectivity index (χ3n) is 5.32. The monoisotopic (exact) mass is 541 g/mol. The normalized spacial score (nSPS) is 11.4. The summed E-state index contributed by atoms with van der Waals surface area (Å²) in [6.45, 7) is 0.0797. The Morgan fingerprint density at radius 1 is 1.00 bits per heavy atom. The number of benzene rings is 3. The van der Waals surface area contributed by atoms with Crippen molar-refractivity contribution in [1.82, 2.24) is 4.57 Å². The second kappa shape index (κ2) is 8.73. The van der Waals surface area contributed by atoms with E-state index in [4.69, 9.17) is 4.42 Å². The third kappa shape index (κ3) is 3.91. The van der Waals surface area contributed by atoms with Crippen molar-refractivity contribution in [3.63, 3.8) is 0 Å². The van der Waals surface area contributed by atoms with Gasteiger partial charge >= 0.3 is 5.63 Å². The molecule has 34 heavy (non-hydrogen) atoms. The van der Waals surface area contributed by atoms with Gasteiger partial charge in [-0.3, -0.25) is 4.79 Å². The molecule has 0 spiro atoms. The van der Waals surface area contributed by atoms with E-state index >= 15 is 0 Å². The van der Waals surface area contributed by atoms with Gasteiger partial charge in [-0.15, -0.1) is 0 Å². The van der Waals surface area contributed by atoms with Crippen molar-refractivity contribution in [2.24, 2.45) is 0 Å². The number of hydrogen-bond donors (Lipinski definition) is 1. The first kappa shape index (κ1) is 22.4. The van der Waals surface area contributed by atoms with E-state index in [-0.39, 0.29) is 27.3 Å². The fourth-order valence-corrected chi connectivity index (χ4v) is 4.92. The van der Waals surface area contributed by atoms with Crippen LogP contribution in [0.2, 0.25) is 0 Å². The Morgan fingerprint density at radius 3 is 2.47 bits per heavy atom. The van der Waals surface area contributed by atoms with Crippen molar-refractivity contribution in [3.8, 4) is 5.75 Å². The van der Waals surface area contributed by atoms with Gasteiger partial charge in [0, 0.05) is 14.8 Å². The fraction of sp³-hybridized carbons (Fsp3) is 0.0400. The van der Waals surface area contributed by atoms with Gasteiger partial charge in [0.25, 0.3) is 5.56 Å². The smallest absolute Gasteiger partial charge is 0.354 e. The number of halogens is 3.